The van der Waals surface area contributed by atoms with Crippen LogP contribution in [-0.2, 0) is 0 Å². The van der Waals surface area contributed by atoms with Gasteiger partial charge in [-0.1, -0.05) is 6.92 Å². The monoisotopic (exact) mass is 249 g/mol. The number of hydrogen-bond donors (Lipinski definition) is 1. The second kappa shape index (κ2) is 5.35. The number of pyridine rings is 1. The summed E-state index contributed by atoms with van der Waals surface area (Å²) < 4.78 is 18.8. The summed E-state index contributed by atoms with van der Waals surface area (Å²) in [4.78, 5) is 15.4. The Balaban J connectivity index is 2.39. The van der Waals surface area contributed by atoms with Crippen LogP contribution in [0.2, 0.25) is 0 Å². The van der Waals surface area contributed by atoms with Gasteiger partial charge in [-0.2, -0.15) is 15.0 Å². The molecule has 6 nitrogen and oxygen atoms in total. The van der Waals surface area contributed by atoms with Crippen LogP contribution in [0.4, 0.5) is 10.3 Å². The minimum atomic E-state index is -0.524. The van der Waals surface area contributed by atoms with E-state index in [2.05, 4.69) is 19.9 Å². The molecule has 0 atom stereocenters. The van der Waals surface area contributed by atoms with Crippen molar-refractivity contribution in [1.29, 1.82) is 0 Å². The quantitative estimate of drug-likeness (QED) is 0.882. The highest BCUT2D eigenvalue weighted by Gasteiger charge is 2.11. The molecule has 2 rings (SSSR count). The molecule has 0 aliphatic heterocycles. The van der Waals surface area contributed by atoms with Crippen LogP contribution < -0.4 is 10.5 Å². The summed E-state index contributed by atoms with van der Waals surface area (Å²) in [5.74, 6) is -0.402. The van der Waals surface area contributed by atoms with Crippen molar-refractivity contribution in [1.82, 2.24) is 19.9 Å². The molecule has 0 fully saturated rings. The van der Waals surface area contributed by atoms with E-state index in [9.17, 15) is 4.39 Å². The topological polar surface area (TPSA) is 86.8 Å². The predicted octanol–water partition coefficient (Wildman–Crippen LogP) is 1.44. The Morgan fingerprint density at radius 3 is 2.89 bits per heavy atom. The van der Waals surface area contributed by atoms with Gasteiger partial charge in [0.05, 0.1) is 18.4 Å². The smallest absolute Gasteiger partial charge is 0.321 e. The molecular formula is C11H12FN5O. The van der Waals surface area contributed by atoms with Gasteiger partial charge in [-0.05, 0) is 12.5 Å². The number of ether oxygens (including phenoxy) is 1. The second-order valence-electron chi connectivity index (χ2n) is 3.50. The summed E-state index contributed by atoms with van der Waals surface area (Å²) in [7, 11) is 0. The van der Waals surface area contributed by atoms with Gasteiger partial charge < -0.3 is 10.5 Å². The lowest BCUT2D eigenvalue weighted by Gasteiger charge is -2.06. The lowest BCUT2D eigenvalue weighted by molar-refractivity contribution is 0.292. The molecule has 0 saturated carbocycles. The average molecular weight is 249 g/mol. The van der Waals surface area contributed by atoms with Gasteiger partial charge in [-0.3, -0.25) is 4.98 Å². The number of hydrogen-bond acceptors (Lipinski definition) is 6. The maximum absolute atomic E-state index is 13.5. The molecule has 18 heavy (non-hydrogen) atoms. The van der Waals surface area contributed by atoms with Crippen LogP contribution in [0.15, 0.2) is 18.5 Å². The second-order valence-corrected chi connectivity index (χ2v) is 3.50. The molecule has 0 aliphatic rings. The molecule has 2 aromatic rings. The van der Waals surface area contributed by atoms with Crippen LogP contribution in [0.3, 0.4) is 0 Å². The van der Waals surface area contributed by atoms with Crippen LogP contribution in [0, 0.1) is 5.82 Å². The summed E-state index contributed by atoms with van der Waals surface area (Å²) in [6, 6.07) is 1.56. The van der Waals surface area contributed by atoms with E-state index in [1.54, 1.807) is 0 Å². The zero-order valence-corrected chi connectivity index (χ0v) is 9.80. The zero-order valence-electron chi connectivity index (χ0n) is 9.80. The van der Waals surface area contributed by atoms with E-state index in [-0.39, 0.29) is 23.3 Å². The number of anilines is 1. The highest BCUT2D eigenvalue weighted by atomic mass is 19.1. The molecule has 7 heteroatoms. The van der Waals surface area contributed by atoms with E-state index in [1.165, 1.54) is 12.3 Å². The van der Waals surface area contributed by atoms with Gasteiger partial charge in [0.1, 0.15) is 0 Å². The summed E-state index contributed by atoms with van der Waals surface area (Å²) in [5.41, 5.74) is 5.75. The van der Waals surface area contributed by atoms with Crippen molar-refractivity contribution in [3.63, 3.8) is 0 Å². The molecule has 2 N–H and O–H groups in total. The molecule has 0 spiro atoms. The Labute approximate surface area is 103 Å². The molecule has 2 aromatic heterocycles. The third-order valence-electron chi connectivity index (χ3n) is 2.08. The Kier molecular flexibility index (Phi) is 3.61. The number of rotatable bonds is 4. The first-order chi connectivity index (χ1) is 8.70. The molecule has 94 valence electrons. The van der Waals surface area contributed by atoms with Crippen molar-refractivity contribution in [2.75, 3.05) is 12.3 Å². The van der Waals surface area contributed by atoms with Crippen molar-refractivity contribution in [3.8, 4) is 17.4 Å². The molecule has 0 amide bonds. The van der Waals surface area contributed by atoms with Gasteiger partial charge in [-0.25, -0.2) is 4.39 Å². The highest BCUT2D eigenvalue weighted by molar-refractivity contribution is 5.56. The van der Waals surface area contributed by atoms with Crippen LogP contribution in [0.1, 0.15) is 13.3 Å². The van der Waals surface area contributed by atoms with Crippen LogP contribution in [-0.4, -0.2) is 26.5 Å². The number of aromatic nitrogens is 4. The third kappa shape index (κ3) is 2.68. The first kappa shape index (κ1) is 12.2. The number of nitrogens with two attached hydrogens (primary N) is 1. The maximum atomic E-state index is 13.5. The minimum Gasteiger partial charge on any atom is -0.463 e. The Bertz CT molecular complexity index is 549. The summed E-state index contributed by atoms with van der Waals surface area (Å²) >= 11 is 0. The number of nitrogen functional groups attached to an aromatic ring is 1. The molecule has 0 radical (unpaired) electrons. The van der Waals surface area contributed by atoms with Gasteiger partial charge in [-0.15, -0.1) is 0 Å². The third-order valence-corrected chi connectivity index (χ3v) is 2.08. The van der Waals surface area contributed by atoms with Gasteiger partial charge in [0.2, 0.25) is 5.95 Å². The summed E-state index contributed by atoms with van der Waals surface area (Å²) in [6.45, 7) is 2.41. The molecule has 0 bridgehead atoms. The van der Waals surface area contributed by atoms with Crippen molar-refractivity contribution in [2.45, 2.75) is 13.3 Å². The predicted molar refractivity (Wildman–Crippen MR) is 63.2 cm³/mol. The van der Waals surface area contributed by atoms with Crippen molar-refractivity contribution >= 4 is 5.95 Å². The largest absolute Gasteiger partial charge is 0.463 e. The van der Waals surface area contributed by atoms with Gasteiger partial charge in [0.25, 0.3) is 0 Å². The number of halogens is 1. The van der Waals surface area contributed by atoms with Crippen LogP contribution in [0.5, 0.6) is 6.01 Å². The Morgan fingerprint density at radius 2 is 2.17 bits per heavy atom. The Hall–Kier alpha value is -2.31. The first-order valence-electron chi connectivity index (χ1n) is 5.45. The fourth-order valence-corrected chi connectivity index (χ4v) is 1.31. The van der Waals surface area contributed by atoms with E-state index in [0.29, 0.717) is 6.61 Å². The van der Waals surface area contributed by atoms with Crippen molar-refractivity contribution in [2.24, 2.45) is 0 Å². The molecule has 0 aromatic carbocycles. The highest BCUT2D eigenvalue weighted by Crippen LogP contribution is 2.20. The van der Waals surface area contributed by atoms with Crippen molar-refractivity contribution < 1.29 is 9.13 Å². The first-order valence-corrected chi connectivity index (χ1v) is 5.45. The van der Waals surface area contributed by atoms with E-state index < -0.39 is 5.82 Å². The lowest BCUT2D eigenvalue weighted by atomic mass is 10.2. The average Bonchev–Trinajstić information content (AvgIpc) is 2.36. The minimum absolute atomic E-state index is 0.0117. The van der Waals surface area contributed by atoms with E-state index in [4.69, 9.17) is 10.5 Å². The zero-order chi connectivity index (χ0) is 13.0. The van der Waals surface area contributed by atoms with Crippen LogP contribution in [0.25, 0.3) is 11.4 Å². The van der Waals surface area contributed by atoms with Gasteiger partial charge in [0, 0.05) is 6.20 Å². The number of nitrogens with zero attached hydrogens (tertiary/aromatic N) is 4. The summed E-state index contributed by atoms with van der Waals surface area (Å²) in [5, 5.41) is 0. The van der Waals surface area contributed by atoms with Crippen molar-refractivity contribution in [3.05, 3.63) is 24.3 Å². The fourth-order valence-electron chi connectivity index (χ4n) is 1.31. The SMILES string of the molecule is CCCOc1nc(N)nc(-c2ccncc2F)n1. The molecule has 0 saturated heterocycles. The fraction of sp³-hybridized carbons (Fsp3) is 0.273. The van der Waals surface area contributed by atoms with E-state index >= 15 is 0 Å². The maximum Gasteiger partial charge on any atom is 0.321 e. The van der Waals surface area contributed by atoms with E-state index in [0.717, 1.165) is 12.6 Å². The molecular weight excluding hydrogens is 237 g/mol. The summed E-state index contributed by atoms with van der Waals surface area (Å²) in [6.07, 6.45) is 3.34. The van der Waals surface area contributed by atoms with Gasteiger partial charge in [0.15, 0.2) is 11.6 Å². The normalized spacial score (nSPS) is 10.3. The lowest BCUT2D eigenvalue weighted by Crippen LogP contribution is -2.06. The Morgan fingerprint density at radius 1 is 1.33 bits per heavy atom. The molecule has 0 aliphatic carbocycles. The van der Waals surface area contributed by atoms with E-state index in [1.807, 2.05) is 6.92 Å². The van der Waals surface area contributed by atoms with Crippen LogP contribution >= 0.6 is 0 Å². The molecule has 0 unspecified atom stereocenters. The van der Waals surface area contributed by atoms with Gasteiger partial charge >= 0.3 is 6.01 Å². The standard InChI is InChI=1S/C11H12FN5O/c1-2-5-18-11-16-9(15-10(13)17-11)7-3-4-14-6-8(7)12/h3-4,6H,2,5H2,1H3,(H2,13,15,16,17). The molecule has 2 heterocycles.